The predicted molar refractivity (Wildman–Crippen MR) is 86.7 cm³/mol. The van der Waals surface area contributed by atoms with Crippen LogP contribution >= 0.6 is 0 Å². The quantitative estimate of drug-likeness (QED) is 0.782. The number of aromatic nitrogens is 3. The Morgan fingerprint density at radius 2 is 2.14 bits per heavy atom. The average molecular weight is 282 g/mol. The second kappa shape index (κ2) is 5.74. The number of rotatable bonds is 5. The zero-order chi connectivity index (χ0) is 14.8. The first-order valence-corrected chi connectivity index (χ1v) is 7.49. The minimum atomic E-state index is 0.614. The standard InChI is InChI=1S/C17H22N4/c1-13(2)10-21-11-14(5-6-18)16-4-3-15(9-17(16)21)20-8-7-19-12-20/h3-4,7-9,11-13H,5-6,10,18H2,1-2H3. The molecular formula is C17H22N4. The normalized spacial score (nSPS) is 11.6. The molecule has 0 fully saturated rings. The summed E-state index contributed by atoms with van der Waals surface area (Å²) >= 11 is 0. The molecule has 0 aliphatic rings. The highest BCUT2D eigenvalue weighted by molar-refractivity contribution is 5.86. The molecule has 0 atom stereocenters. The van der Waals surface area contributed by atoms with Gasteiger partial charge >= 0.3 is 0 Å². The van der Waals surface area contributed by atoms with Gasteiger partial charge in [0.1, 0.15) is 0 Å². The molecule has 4 heteroatoms. The maximum absolute atomic E-state index is 5.75. The van der Waals surface area contributed by atoms with Crippen LogP contribution in [-0.4, -0.2) is 20.7 Å². The van der Waals surface area contributed by atoms with Crippen molar-refractivity contribution in [3.8, 4) is 5.69 Å². The molecule has 3 rings (SSSR count). The molecule has 21 heavy (non-hydrogen) atoms. The Kier molecular flexibility index (Phi) is 3.80. The Labute approximate surface area is 125 Å². The summed E-state index contributed by atoms with van der Waals surface area (Å²) in [4.78, 5) is 4.12. The van der Waals surface area contributed by atoms with Gasteiger partial charge in [-0.1, -0.05) is 19.9 Å². The third-order valence-corrected chi connectivity index (χ3v) is 3.73. The lowest BCUT2D eigenvalue weighted by atomic mass is 10.1. The summed E-state index contributed by atoms with van der Waals surface area (Å²) in [6, 6.07) is 6.58. The van der Waals surface area contributed by atoms with Gasteiger partial charge in [-0.3, -0.25) is 0 Å². The third-order valence-electron chi connectivity index (χ3n) is 3.73. The second-order valence-corrected chi connectivity index (χ2v) is 5.91. The van der Waals surface area contributed by atoms with Gasteiger partial charge < -0.3 is 14.9 Å². The molecular weight excluding hydrogens is 260 g/mol. The average Bonchev–Trinajstić information content (AvgIpc) is 3.08. The lowest BCUT2D eigenvalue weighted by Crippen LogP contribution is -2.04. The largest absolute Gasteiger partial charge is 0.347 e. The van der Waals surface area contributed by atoms with E-state index in [0.29, 0.717) is 12.5 Å². The molecule has 0 aliphatic carbocycles. The fourth-order valence-corrected chi connectivity index (χ4v) is 2.83. The summed E-state index contributed by atoms with van der Waals surface area (Å²) in [7, 11) is 0. The van der Waals surface area contributed by atoms with Gasteiger partial charge in [0.15, 0.2) is 0 Å². The monoisotopic (exact) mass is 282 g/mol. The van der Waals surface area contributed by atoms with Gasteiger partial charge in [-0.2, -0.15) is 0 Å². The van der Waals surface area contributed by atoms with E-state index in [4.69, 9.17) is 5.73 Å². The van der Waals surface area contributed by atoms with E-state index in [1.807, 2.05) is 17.1 Å². The van der Waals surface area contributed by atoms with Crippen LogP contribution in [0.4, 0.5) is 0 Å². The van der Waals surface area contributed by atoms with Crippen molar-refractivity contribution in [2.75, 3.05) is 6.54 Å². The molecule has 0 saturated carbocycles. The first kappa shape index (κ1) is 13.9. The van der Waals surface area contributed by atoms with Crippen molar-refractivity contribution in [1.29, 1.82) is 0 Å². The highest BCUT2D eigenvalue weighted by Crippen LogP contribution is 2.25. The molecule has 0 amide bonds. The van der Waals surface area contributed by atoms with Crippen molar-refractivity contribution < 1.29 is 0 Å². The molecule has 0 bridgehead atoms. The van der Waals surface area contributed by atoms with E-state index in [9.17, 15) is 0 Å². The van der Waals surface area contributed by atoms with Crippen molar-refractivity contribution in [2.45, 2.75) is 26.8 Å². The van der Waals surface area contributed by atoms with Crippen LogP contribution in [0.1, 0.15) is 19.4 Å². The first-order chi connectivity index (χ1) is 10.2. The zero-order valence-corrected chi connectivity index (χ0v) is 12.7. The number of hydrogen-bond donors (Lipinski definition) is 1. The smallest absolute Gasteiger partial charge is 0.0991 e. The van der Waals surface area contributed by atoms with Crippen molar-refractivity contribution >= 4 is 10.9 Å². The van der Waals surface area contributed by atoms with Gasteiger partial charge in [0.05, 0.1) is 11.8 Å². The number of hydrogen-bond acceptors (Lipinski definition) is 2. The topological polar surface area (TPSA) is 48.8 Å². The molecule has 2 aromatic heterocycles. The molecule has 110 valence electrons. The number of imidazole rings is 1. The Morgan fingerprint density at radius 1 is 1.29 bits per heavy atom. The predicted octanol–water partition coefficient (Wildman–Crippen LogP) is 2.98. The van der Waals surface area contributed by atoms with Gasteiger partial charge in [-0.05, 0) is 36.6 Å². The number of benzene rings is 1. The van der Waals surface area contributed by atoms with E-state index in [1.54, 1.807) is 6.20 Å². The Morgan fingerprint density at radius 3 is 2.81 bits per heavy atom. The van der Waals surface area contributed by atoms with E-state index >= 15 is 0 Å². The van der Waals surface area contributed by atoms with Crippen LogP contribution in [0.3, 0.4) is 0 Å². The van der Waals surface area contributed by atoms with Gasteiger partial charge in [-0.25, -0.2) is 4.98 Å². The molecule has 2 heterocycles. The maximum atomic E-state index is 5.75. The van der Waals surface area contributed by atoms with Gasteiger partial charge in [0.2, 0.25) is 0 Å². The van der Waals surface area contributed by atoms with E-state index in [2.05, 4.69) is 47.8 Å². The Hall–Kier alpha value is -2.07. The molecule has 3 aromatic rings. The first-order valence-electron chi connectivity index (χ1n) is 7.49. The van der Waals surface area contributed by atoms with Crippen LogP contribution in [0, 0.1) is 5.92 Å². The zero-order valence-electron chi connectivity index (χ0n) is 12.7. The van der Waals surface area contributed by atoms with Crippen LogP contribution in [0.2, 0.25) is 0 Å². The van der Waals surface area contributed by atoms with Crippen LogP contribution < -0.4 is 5.73 Å². The van der Waals surface area contributed by atoms with Gasteiger partial charge in [-0.15, -0.1) is 0 Å². The molecule has 0 saturated heterocycles. The fourth-order valence-electron chi connectivity index (χ4n) is 2.83. The molecule has 4 nitrogen and oxygen atoms in total. The van der Waals surface area contributed by atoms with Crippen molar-refractivity contribution in [3.05, 3.63) is 48.7 Å². The third kappa shape index (κ3) is 2.72. The summed E-state index contributed by atoms with van der Waals surface area (Å²) in [5, 5.41) is 1.31. The Balaban J connectivity index is 2.13. The number of fused-ring (bicyclic) bond motifs is 1. The Bertz CT molecular complexity index is 723. The van der Waals surface area contributed by atoms with Crippen molar-refractivity contribution in [2.24, 2.45) is 11.7 Å². The molecule has 1 aromatic carbocycles. The van der Waals surface area contributed by atoms with E-state index in [0.717, 1.165) is 18.7 Å². The van der Waals surface area contributed by atoms with Crippen LogP contribution in [0.5, 0.6) is 0 Å². The van der Waals surface area contributed by atoms with Gasteiger partial charge in [0, 0.05) is 36.2 Å². The minimum absolute atomic E-state index is 0.614. The molecule has 0 aliphatic heterocycles. The van der Waals surface area contributed by atoms with E-state index < -0.39 is 0 Å². The molecule has 0 radical (unpaired) electrons. The number of nitrogens with two attached hydrogens (primary N) is 1. The lowest BCUT2D eigenvalue weighted by Gasteiger charge is -2.09. The summed E-state index contributed by atoms with van der Waals surface area (Å²) < 4.78 is 4.39. The maximum Gasteiger partial charge on any atom is 0.0991 e. The molecule has 0 unspecified atom stereocenters. The van der Waals surface area contributed by atoms with Crippen LogP contribution in [0.25, 0.3) is 16.6 Å². The molecule has 0 spiro atoms. The lowest BCUT2D eigenvalue weighted by molar-refractivity contribution is 0.534. The number of nitrogens with zero attached hydrogens (tertiary/aromatic N) is 3. The van der Waals surface area contributed by atoms with Crippen molar-refractivity contribution in [3.63, 3.8) is 0 Å². The summed E-state index contributed by atoms with van der Waals surface area (Å²) in [6.45, 7) is 6.20. The summed E-state index contributed by atoms with van der Waals surface area (Å²) in [5.74, 6) is 0.614. The van der Waals surface area contributed by atoms with Gasteiger partial charge in [0.25, 0.3) is 0 Å². The summed E-state index contributed by atoms with van der Waals surface area (Å²) in [6.07, 6.45) is 8.79. The minimum Gasteiger partial charge on any atom is -0.347 e. The van der Waals surface area contributed by atoms with E-state index in [-0.39, 0.29) is 0 Å². The van der Waals surface area contributed by atoms with E-state index in [1.165, 1.54) is 16.5 Å². The fraction of sp³-hybridized carbons (Fsp3) is 0.353. The van der Waals surface area contributed by atoms with Crippen LogP contribution in [-0.2, 0) is 13.0 Å². The molecule has 2 N–H and O–H groups in total. The SMILES string of the molecule is CC(C)Cn1cc(CCN)c2ccc(-n3ccnc3)cc21. The van der Waals surface area contributed by atoms with Crippen LogP contribution in [0.15, 0.2) is 43.1 Å². The highest BCUT2D eigenvalue weighted by Gasteiger charge is 2.10. The second-order valence-electron chi connectivity index (χ2n) is 5.91. The highest BCUT2D eigenvalue weighted by atomic mass is 15.0. The van der Waals surface area contributed by atoms with Crippen molar-refractivity contribution in [1.82, 2.24) is 14.1 Å². The summed E-state index contributed by atoms with van der Waals surface area (Å²) in [5.41, 5.74) is 9.50.